The second-order valence-electron chi connectivity index (χ2n) is 5.68. The van der Waals surface area contributed by atoms with Crippen LogP contribution in [0, 0.1) is 19.8 Å². The Morgan fingerprint density at radius 3 is 2.37 bits per heavy atom. The van der Waals surface area contributed by atoms with Gasteiger partial charge in [0.15, 0.2) is 9.84 Å². The molecule has 1 saturated heterocycles. The van der Waals surface area contributed by atoms with Gasteiger partial charge in [-0.2, -0.15) is 0 Å². The molecule has 4 heteroatoms. The number of rotatable bonds is 4. The molecule has 0 aliphatic carbocycles. The lowest BCUT2D eigenvalue weighted by molar-refractivity contribution is -0.119. The fourth-order valence-corrected chi connectivity index (χ4v) is 4.69. The molecule has 104 valence electrons. The Morgan fingerprint density at radius 2 is 1.84 bits per heavy atom. The van der Waals surface area contributed by atoms with Crippen LogP contribution in [-0.4, -0.2) is 25.7 Å². The number of aryl methyl sites for hydroxylation is 2. The molecule has 0 radical (unpaired) electrons. The summed E-state index contributed by atoms with van der Waals surface area (Å²) < 4.78 is 22.7. The second kappa shape index (κ2) is 5.45. The predicted molar refractivity (Wildman–Crippen MR) is 76.0 cm³/mol. The van der Waals surface area contributed by atoms with Crippen LogP contribution in [0.5, 0.6) is 0 Å². The van der Waals surface area contributed by atoms with Crippen molar-refractivity contribution < 1.29 is 13.2 Å². The average Bonchev–Trinajstić information content (AvgIpc) is 2.55. The van der Waals surface area contributed by atoms with Crippen LogP contribution >= 0.6 is 0 Å². The van der Waals surface area contributed by atoms with Crippen molar-refractivity contribution in [2.24, 2.45) is 5.92 Å². The van der Waals surface area contributed by atoms with Gasteiger partial charge in [0.05, 0.1) is 11.5 Å². The minimum absolute atomic E-state index is 0.0309. The summed E-state index contributed by atoms with van der Waals surface area (Å²) in [5.41, 5.74) is 3.35. The molecule has 0 spiro atoms. The lowest BCUT2D eigenvalue weighted by Gasteiger charge is -2.08. The fourth-order valence-electron chi connectivity index (χ4n) is 2.83. The normalized spacial score (nSPS) is 21.5. The van der Waals surface area contributed by atoms with E-state index in [-0.39, 0.29) is 23.2 Å². The van der Waals surface area contributed by atoms with Crippen LogP contribution in [0.4, 0.5) is 0 Å². The molecule has 0 bridgehead atoms. The second-order valence-corrected chi connectivity index (χ2v) is 7.91. The minimum Gasteiger partial charge on any atom is -0.299 e. The fraction of sp³-hybridized carbons (Fsp3) is 0.533. The van der Waals surface area contributed by atoms with Gasteiger partial charge in [0, 0.05) is 12.8 Å². The standard InChI is InChI=1S/C15H20O3S/c1-11-5-12(2)7-14(6-11)9-15(16)8-13-3-4-19(17,18)10-13/h5-7,13H,3-4,8-10H2,1-2H3. The van der Waals surface area contributed by atoms with Crippen molar-refractivity contribution in [2.75, 3.05) is 11.5 Å². The van der Waals surface area contributed by atoms with E-state index in [2.05, 4.69) is 6.07 Å². The maximum Gasteiger partial charge on any atom is 0.150 e. The molecule has 0 aromatic heterocycles. The van der Waals surface area contributed by atoms with E-state index in [0.717, 1.165) is 16.7 Å². The number of hydrogen-bond acceptors (Lipinski definition) is 3. The van der Waals surface area contributed by atoms with Crippen molar-refractivity contribution in [1.29, 1.82) is 0 Å². The van der Waals surface area contributed by atoms with E-state index in [1.807, 2.05) is 26.0 Å². The molecule has 1 aromatic carbocycles. The van der Waals surface area contributed by atoms with Gasteiger partial charge < -0.3 is 0 Å². The molecule has 1 unspecified atom stereocenters. The van der Waals surface area contributed by atoms with E-state index < -0.39 is 9.84 Å². The average molecular weight is 280 g/mol. The first-order chi connectivity index (χ1) is 8.84. The minimum atomic E-state index is -2.88. The van der Waals surface area contributed by atoms with Crippen molar-refractivity contribution in [1.82, 2.24) is 0 Å². The first kappa shape index (κ1) is 14.3. The molecule has 1 atom stereocenters. The van der Waals surface area contributed by atoms with Crippen LogP contribution in [0.15, 0.2) is 18.2 Å². The predicted octanol–water partition coefficient (Wildman–Crippen LogP) is 2.24. The highest BCUT2D eigenvalue weighted by Gasteiger charge is 2.29. The SMILES string of the molecule is Cc1cc(C)cc(CC(=O)CC2CCS(=O)(=O)C2)c1. The molecule has 1 heterocycles. The van der Waals surface area contributed by atoms with Gasteiger partial charge in [-0.05, 0) is 31.7 Å². The topological polar surface area (TPSA) is 51.2 Å². The first-order valence-corrected chi connectivity index (χ1v) is 8.45. The Hall–Kier alpha value is -1.16. The van der Waals surface area contributed by atoms with Crippen LogP contribution in [0.1, 0.15) is 29.5 Å². The van der Waals surface area contributed by atoms with E-state index in [4.69, 9.17) is 0 Å². The summed E-state index contributed by atoms with van der Waals surface area (Å²) in [6, 6.07) is 6.13. The Labute approximate surface area is 114 Å². The Kier molecular flexibility index (Phi) is 4.09. The smallest absolute Gasteiger partial charge is 0.150 e. The van der Waals surface area contributed by atoms with E-state index in [9.17, 15) is 13.2 Å². The molecule has 0 amide bonds. The van der Waals surface area contributed by atoms with Crippen LogP contribution in [-0.2, 0) is 21.1 Å². The summed E-state index contributed by atoms with van der Waals surface area (Å²) >= 11 is 0. The third kappa shape index (κ3) is 4.16. The molecule has 1 fully saturated rings. The number of carbonyl (C=O) groups excluding carboxylic acids is 1. The van der Waals surface area contributed by atoms with Gasteiger partial charge in [-0.25, -0.2) is 8.42 Å². The number of Topliss-reactive ketones (excluding diaryl/α,β-unsaturated/α-hetero) is 1. The van der Waals surface area contributed by atoms with E-state index in [1.165, 1.54) is 0 Å². The Morgan fingerprint density at radius 1 is 1.21 bits per heavy atom. The van der Waals surface area contributed by atoms with Crippen LogP contribution < -0.4 is 0 Å². The van der Waals surface area contributed by atoms with Crippen LogP contribution in [0.3, 0.4) is 0 Å². The van der Waals surface area contributed by atoms with Gasteiger partial charge in [0.1, 0.15) is 5.78 Å². The third-order valence-electron chi connectivity index (χ3n) is 3.53. The zero-order valence-electron chi connectivity index (χ0n) is 11.5. The maximum absolute atomic E-state index is 12.0. The molecule has 1 aromatic rings. The van der Waals surface area contributed by atoms with Crippen molar-refractivity contribution in [3.63, 3.8) is 0 Å². The van der Waals surface area contributed by atoms with Crippen molar-refractivity contribution in [2.45, 2.75) is 33.1 Å². The van der Waals surface area contributed by atoms with Gasteiger partial charge >= 0.3 is 0 Å². The van der Waals surface area contributed by atoms with E-state index in [0.29, 0.717) is 19.3 Å². The summed E-state index contributed by atoms with van der Waals surface area (Å²) in [6.45, 7) is 4.04. The summed E-state index contributed by atoms with van der Waals surface area (Å²) in [4.78, 5) is 12.0. The summed E-state index contributed by atoms with van der Waals surface area (Å²) in [5, 5.41) is 0. The monoisotopic (exact) mass is 280 g/mol. The molecule has 3 nitrogen and oxygen atoms in total. The number of ketones is 1. The summed E-state index contributed by atoms with van der Waals surface area (Å²) in [6.07, 6.45) is 1.45. The molecule has 0 N–H and O–H groups in total. The lowest BCUT2D eigenvalue weighted by atomic mass is 9.96. The summed E-state index contributed by atoms with van der Waals surface area (Å²) in [5.74, 6) is 0.607. The van der Waals surface area contributed by atoms with E-state index in [1.54, 1.807) is 0 Å². The number of hydrogen-bond donors (Lipinski definition) is 0. The quantitative estimate of drug-likeness (QED) is 0.850. The largest absolute Gasteiger partial charge is 0.299 e. The molecule has 1 aliphatic heterocycles. The zero-order valence-corrected chi connectivity index (χ0v) is 12.3. The van der Waals surface area contributed by atoms with Gasteiger partial charge in [-0.3, -0.25) is 4.79 Å². The Balaban J connectivity index is 1.95. The summed E-state index contributed by atoms with van der Waals surface area (Å²) in [7, 11) is -2.88. The first-order valence-electron chi connectivity index (χ1n) is 6.63. The molecule has 19 heavy (non-hydrogen) atoms. The Bertz CT molecular complexity index is 567. The lowest BCUT2D eigenvalue weighted by Crippen LogP contribution is -2.12. The number of carbonyl (C=O) groups is 1. The maximum atomic E-state index is 12.0. The van der Waals surface area contributed by atoms with Gasteiger partial charge in [-0.1, -0.05) is 29.3 Å². The molecular formula is C15H20O3S. The van der Waals surface area contributed by atoms with Crippen molar-refractivity contribution in [3.05, 3.63) is 34.9 Å². The highest BCUT2D eigenvalue weighted by atomic mass is 32.2. The highest BCUT2D eigenvalue weighted by molar-refractivity contribution is 7.91. The van der Waals surface area contributed by atoms with Gasteiger partial charge in [0.2, 0.25) is 0 Å². The number of benzene rings is 1. The zero-order chi connectivity index (χ0) is 14.0. The van der Waals surface area contributed by atoms with E-state index >= 15 is 0 Å². The van der Waals surface area contributed by atoms with Crippen molar-refractivity contribution in [3.8, 4) is 0 Å². The molecule has 1 aliphatic rings. The number of sulfone groups is 1. The van der Waals surface area contributed by atoms with Gasteiger partial charge in [-0.15, -0.1) is 0 Å². The van der Waals surface area contributed by atoms with Crippen molar-refractivity contribution >= 4 is 15.6 Å². The molecular weight excluding hydrogens is 260 g/mol. The highest BCUT2D eigenvalue weighted by Crippen LogP contribution is 2.22. The molecule has 2 rings (SSSR count). The van der Waals surface area contributed by atoms with Crippen LogP contribution in [0.2, 0.25) is 0 Å². The molecule has 0 saturated carbocycles. The van der Waals surface area contributed by atoms with Gasteiger partial charge in [0.25, 0.3) is 0 Å². The van der Waals surface area contributed by atoms with Crippen LogP contribution in [0.25, 0.3) is 0 Å². The third-order valence-corrected chi connectivity index (χ3v) is 5.36.